The van der Waals surface area contributed by atoms with Gasteiger partial charge < -0.3 is 4.90 Å². The fourth-order valence-corrected chi connectivity index (χ4v) is 3.46. The average molecular weight is 347 g/mol. The molecular weight excluding hydrogens is 326 g/mol. The lowest BCUT2D eigenvalue weighted by molar-refractivity contribution is -0.119. The third-order valence-electron chi connectivity index (χ3n) is 4.83. The van der Waals surface area contributed by atoms with E-state index >= 15 is 0 Å². The van der Waals surface area contributed by atoms with Gasteiger partial charge in [0.05, 0.1) is 0 Å². The van der Waals surface area contributed by atoms with Crippen LogP contribution in [0.5, 0.6) is 0 Å². The van der Waals surface area contributed by atoms with Crippen molar-refractivity contribution >= 4 is 11.6 Å². The zero-order valence-electron chi connectivity index (χ0n) is 15.0. The number of amides is 1. The first-order chi connectivity index (χ1) is 12.7. The molecule has 0 bridgehead atoms. The van der Waals surface area contributed by atoms with Gasteiger partial charge in [-0.2, -0.15) is 4.80 Å². The van der Waals surface area contributed by atoms with Crippen LogP contribution in [0.3, 0.4) is 0 Å². The number of nitrogens with zero attached hydrogens (tertiary/aromatic N) is 5. The van der Waals surface area contributed by atoms with Crippen LogP contribution in [0.1, 0.15) is 25.0 Å². The predicted molar refractivity (Wildman–Crippen MR) is 99.7 cm³/mol. The van der Waals surface area contributed by atoms with E-state index in [1.807, 2.05) is 35.2 Å². The van der Waals surface area contributed by atoms with Crippen molar-refractivity contribution in [3.63, 3.8) is 0 Å². The monoisotopic (exact) mass is 347 g/mol. The predicted octanol–water partition coefficient (Wildman–Crippen LogP) is 2.88. The van der Waals surface area contributed by atoms with Gasteiger partial charge in [-0.25, -0.2) is 0 Å². The third kappa shape index (κ3) is 2.98. The number of fused-ring (bicyclic) bond motifs is 1. The van der Waals surface area contributed by atoms with Gasteiger partial charge in [-0.15, -0.1) is 10.2 Å². The van der Waals surface area contributed by atoms with Crippen LogP contribution in [0, 0.1) is 0 Å². The molecule has 0 radical (unpaired) electrons. The minimum Gasteiger partial charge on any atom is -0.307 e. The van der Waals surface area contributed by atoms with Gasteiger partial charge in [-0.3, -0.25) is 4.79 Å². The Bertz CT molecular complexity index is 931. The Morgan fingerprint density at radius 1 is 1.15 bits per heavy atom. The molecule has 0 aliphatic carbocycles. The van der Waals surface area contributed by atoms with E-state index in [1.54, 1.807) is 0 Å². The van der Waals surface area contributed by atoms with E-state index in [9.17, 15) is 4.79 Å². The summed E-state index contributed by atoms with van der Waals surface area (Å²) in [5, 5.41) is 12.5. The molecule has 6 nitrogen and oxygen atoms in total. The number of rotatable bonds is 4. The molecule has 1 aliphatic rings. The highest BCUT2D eigenvalue weighted by molar-refractivity contribution is 5.95. The summed E-state index contributed by atoms with van der Waals surface area (Å²) in [6.45, 7) is 4.26. The molecule has 6 heteroatoms. The number of hydrogen-bond donors (Lipinski definition) is 0. The van der Waals surface area contributed by atoms with E-state index in [2.05, 4.69) is 47.5 Å². The van der Waals surface area contributed by atoms with Crippen LogP contribution in [0.2, 0.25) is 0 Å². The van der Waals surface area contributed by atoms with Crippen molar-refractivity contribution in [2.45, 2.75) is 39.3 Å². The maximum Gasteiger partial charge on any atom is 0.250 e. The summed E-state index contributed by atoms with van der Waals surface area (Å²) in [6, 6.07) is 16.3. The number of para-hydroxylation sites is 1. The van der Waals surface area contributed by atoms with Crippen molar-refractivity contribution in [2.75, 3.05) is 4.90 Å². The summed E-state index contributed by atoms with van der Waals surface area (Å²) in [7, 11) is 0. The Balaban J connectivity index is 1.51. The van der Waals surface area contributed by atoms with Gasteiger partial charge in [-0.1, -0.05) is 49.4 Å². The standard InChI is InChI=1S/C20H21N5O/c1-3-15-8-10-16(11-9-15)20-21-23-24(22-20)13-19(26)25-14(2)12-17-6-4-5-7-18(17)25/h4-11,14H,3,12-13H2,1-2H3/t14-/m1/s1. The van der Waals surface area contributed by atoms with Gasteiger partial charge in [0.15, 0.2) is 0 Å². The lowest BCUT2D eigenvalue weighted by Crippen LogP contribution is -2.38. The largest absolute Gasteiger partial charge is 0.307 e. The molecular formula is C20H21N5O. The number of tetrazole rings is 1. The van der Waals surface area contributed by atoms with Gasteiger partial charge >= 0.3 is 0 Å². The highest BCUT2D eigenvalue weighted by Gasteiger charge is 2.30. The van der Waals surface area contributed by atoms with Gasteiger partial charge in [0.25, 0.3) is 5.91 Å². The summed E-state index contributed by atoms with van der Waals surface area (Å²) in [4.78, 5) is 16.0. The van der Waals surface area contributed by atoms with Crippen LogP contribution < -0.4 is 4.90 Å². The number of carbonyl (C=O) groups is 1. The smallest absolute Gasteiger partial charge is 0.250 e. The zero-order valence-corrected chi connectivity index (χ0v) is 15.0. The molecule has 132 valence electrons. The van der Waals surface area contributed by atoms with Crippen molar-refractivity contribution in [3.8, 4) is 11.4 Å². The highest BCUT2D eigenvalue weighted by atomic mass is 16.2. The summed E-state index contributed by atoms with van der Waals surface area (Å²) >= 11 is 0. The molecule has 0 saturated heterocycles. The minimum atomic E-state index is -0.0206. The first-order valence-corrected chi connectivity index (χ1v) is 8.93. The number of aryl methyl sites for hydroxylation is 1. The summed E-state index contributed by atoms with van der Waals surface area (Å²) in [6.07, 6.45) is 1.87. The number of hydrogen-bond acceptors (Lipinski definition) is 4. The first-order valence-electron chi connectivity index (χ1n) is 8.93. The molecule has 1 amide bonds. The van der Waals surface area contributed by atoms with Crippen LogP contribution in [0.15, 0.2) is 48.5 Å². The molecule has 0 saturated carbocycles. The van der Waals surface area contributed by atoms with Gasteiger partial charge in [0.1, 0.15) is 6.54 Å². The Kier molecular flexibility index (Phi) is 4.24. The second kappa shape index (κ2) is 6.71. The van der Waals surface area contributed by atoms with Crippen LogP contribution in [-0.2, 0) is 24.2 Å². The van der Waals surface area contributed by atoms with Gasteiger partial charge in [0, 0.05) is 17.3 Å². The molecule has 2 aromatic carbocycles. The Labute approximate surface area is 152 Å². The normalized spacial score (nSPS) is 15.9. The first kappa shape index (κ1) is 16.4. The van der Waals surface area contributed by atoms with E-state index in [1.165, 1.54) is 15.9 Å². The molecule has 1 aliphatic heterocycles. The van der Waals surface area contributed by atoms with Crippen LogP contribution in [0.4, 0.5) is 5.69 Å². The molecule has 0 fully saturated rings. The lowest BCUT2D eigenvalue weighted by Gasteiger charge is -2.22. The van der Waals surface area contributed by atoms with Crippen molar-refractivity contribution in [1.29, 1.82) is 0 Å². The number of carbonyl (C=O) groups excluding carboxylic acids is 1. The SMILES string of the molecule is CCc1ccc(-c2nnn(CC(=O)N3c4ccccc4C[C@H]3C)n2)cc1. The zero-order chi connectivity index (χ0) is 18.1. The molecule has 4 rings (SSSR count). The molecule has 2 heterocycles. The summed E-state index contributed by atoms with van der Waals surface area (Å²) in [5.41, 5.74) is 4.36. The van der Waals surface area contributed by atoms with E-state index < -0.39 is 0 Å². The third-order valence-corrected chi connectivity index (χ3v) is 4.83. The molecule has 1 aromatic heterocycles. The van der Waals surface area contributed by atoms with Crippen LogP contribution in [0.25, 0.3) is 11.4 Å². The van der Waals surface area contributed by atoms with Crippen molar-refractivity contribution in [2.24, 2.45) is 0 Å². The van der Waals surface area contributed by atoms with E-state index in [-0.39, 0.29) is 18.5 Å². The molecule has 26 heavy (non-hydrogen) atoms. The summed E-state index contributed by atoms with van der Waals surface area (Å²) < 4.78 is 0. The van der Waals surface area contributed by atoms with Crippen molar-refractivity contribution < 1.29 is 4.79 Å². The molecule has 0 N–H and O–H groups in total. The van der Waals surface area contributed by atoms with E-state index in [0.29, 0.717) is 5.82 Å². The van der Waals surface area contributed by atoms with Gasteiger partial charge in [-0.05, 0) is 42.2 Å². The Hall–Kier alpha value is -3.02. The topological polar surface area (TPSA) is 63.9 Å². The molecule has 0 spiro atoms. The lowest BCUT2D eigenvalue weighted by atomic mass is 10.1. The van der Waals surface area contributed by atoms with E-state index in [4.69, 9.17) is 0 Å². The Morgan fingerprint density at radius 3 is 2.69 bits per heavy atom. The molecule has 0 unspecified atom stereocenters. The minimum absolute atomic E-state index is 0.0206. The van der Waals surface area contributed by atoms with Crippen LogP contribution in [-0.4, -0.2) is 32.2 Å². The highest BCUT2D eigenvalue weighted by Crippen LogP contribution is 2.31. The van der Waals surface area contributed by atoms with Crippen molar-refractivity contribution in [3.05, 3.63) is 59.7 Å². The fourth-order valence-electron chi connectivity index (χ4n) is 3.46. The quantitative estimate of drug-likeness (QED) is 0.728. The summed E-state index contributed by atoms with van der Waals surface area (Å²) in [5.74, 6) is 0.517. The van der Waals surface area contributed by atoms with E-state index in [0.717, 1.165) is 24.1 Å². The number of anilines is 1. The fraction of sp³-hybridized carbons (Fsp3) is 0.300. The van der Waals surface area contributed by atoms with Crippen molar-refractivity contribution in [1.82, 2.24) is 20.2 Å². The maximum atomic E-state index is 12.8. The second-order valence-electron chi connectivity index (χ2n) is 6.64. The van der Waals surface area contributed by atoms with Gasteiger partial charge in [0.2, 0.25) is 5.82 Å². The molecule has 1 atom stereocenters. The maximum absolute atomic E-state index is 12.8. The number of aromatic nitrogens is 4. The van der Waals surface area contributed by atoms with Crippen LogP contribution >= 0.6 is 0 Å². The molecule has 3 aromatic rings. The Morgan fingerprint density at radius 2 is 1.92 bits per heavy atom. The number of benzene rings is 2. The average Bonchev–Trinajstić information content (AvgIpc) is 3.25. The second-order valence-corrected chi connectivity index (χ2v) is 6.64.